The van der Waals surface area contributed by atoms with Crippen LogP contribution >= 0.6 is 0 Å². The van der Waals surface area contributed by atoms with Crippen molar-refractivity contribution in [2.75, 3.05) is 33.2 Å². The van der Waals surface area contributed by atoms with Crippen LogP contribution < -0.4 is 9.64 Å². The molecule has 0 spiro atoms. The Hall–Kier alpha value is -2.95. The number of benzene rings is 2. The van der Waals surface area contributed by atoms with Gasteiger partial charge in [-0.3, -0.25) is 4.79 Å². The molecule has 0 fully saturated rings. The third-order valence-corrected chi connectivity index (χ3v) is 4.56. The van der Waals surface area contributed by atoms with E-state index >= 15 is 0 Å². The number of aryl methyl sites for hydroxylation is 1. The molecule has 1 heterocycles. The normalized spacial score (nSPS) is 10.8. The van der Waals surface area contributed by atoms with Crippen LogP contribution in [-0.2, 0) is 6.54 Å². The topological polar surface area (TPSA) is 45.9 Å². The first kappa shape index (κ1) is 17.9. The molecule has 2 aromatic carbocycles. The minimum absolute atomic E-state index is 0.130. The lowest BCUT2D eigenvalue weighted by atomic mass is 10.1. The fourth-order valence-electron chi connectivity index (χ4n) is 2.95. The van der Waals surface area contributed by atoms with Crippen LogP contribution in [0.15, 0.2) is 46.9 Å². The Morgan fingerprint density at radius 2 is 1.77 bits per heavy atom. The monoisotopic (exact) mass is 352 g/mol. The lowest BCUT2D eigenvalue weighted by Gasteiger charge is -2.17. The summed E-state index contributed by atoms with van der Waals surface area (Å²) in [5.41, 5.74) is 3.72. The number of rotatable bonds is 5. The number of fused-ring (bicyclic) bond motifs is 1. The van der Waals surface area contributed by atoms with Gasteiger partial charge in [0, 0.05) is 44.3 Å². The van der Waals surface area contributed by atoms with Crippen molar-refractivity contribution >= 4 is 22.6 Å². The Balaban J connectivity index is 1.82. The van der Waals surface area contributed by atoms with Gasteiger partial charge in [0.15, 0.2) is 5.76 Å². The number of nitrogens with zero attached hydrogens (tertiary/aromatic N) is 2. The van der Waals surface area contributed by atoms with Gasteiger partial charge in [-0.15, -0.1) is 0 Å². The first-order chi connectivity index (χ1) is 12.4. The fraction of sp³-hybridized carbons (Fsp3) is 0.286. The number of methoxy groups -OCH3 is 1. The second-order valence-electron chi connectivity index (χ2n) is 6.64. The van der Waals surface area contributed by atoms with Gasteiger partial charge >= 0.3 is 0 Å². The standard InChI is InChI=1S/C21H24N2O3/c1-14-18-12-17(25-5)10-11-19(18)26-20(14)21(24)23(4)13-15-6-8-16(9-7-15)22(2)3/h6-12H,13H2,1-5H3. The van der Waals surface area contributed by atoms with Crippen LogP contribution in [0.2, 0.25) is 0 Å². The predicted molar refractivity (Wildman–Crippen MR) is 104 cm³/mol. The Morgan fingerprint density at radius 1 is 1.08 bits per heavy atom. The summed E-state index contributed by atoms with van der Waals surface area (Å²) in [5, 5.41) is 0.899. The smallest absolute Gasteiger partial charge is 0.289 e. The Labute approximate surface area is 153 Å². The van der Waals surface area contributed by atoms with E-state index in [2.05, 4.69) is 0 Å². The number of hydrogen-bond donors (Lipinski definition) is 0. The summed E-state index contributed by atoms with van der Waals surface area (Å²) in [6.07, 6.45) is 0. The lowest BCUT2D eigenvalue weighted by Crippen LogP contribution is -2.26. The number of amides is 1. The van der Waals surface area contributed by atoms with E-state index in [1.165, 1.54) is 0 Å². The first-order valence-electron chi connectivity index (χ1n) is 8.49. The molecule has 0 radical (unpaired) electrons. The Kier molecular flexibility index (Phi) is 4.89. The summed E-state index contributed by atoms with van der Waals surface area (Å²) >= 11 is 0. The van der Waals surface area contributed by atoms with Crippen molar-refractivity contribution in [1.29, 1.82) is 0 Å². The highest BCUT2D eigenvalue weighted by atomic mass is 16.5. The van der Waals surface area contributed by atoms with Crippen LogP contribution in [0.25, 0.3) is 11.0 Å². The van der Waals surface area contributed by atoms with Crippen LogP contribution in [0.5, 0.6) is 5.75 Å². The molecule has 3 rings (SSSR count). The van der Waals surface area contributed by atoms with E-state index in [0.717, 1.165) is 28.0 Å². The summed E-state index contributed by atoms with van der Waals surface area (Å²) in [4.78, 5) is 16.6. The summed E-state index contributed by atoms with van der Waals surface area (Å²) in [6.45, 7) is 2.42. The second-order valence-corrected chi connectivity index (χ2v) is 6.64. The Bertz CT molecular complexity index is 926. The molecule has 0 aliphatic carbocycles. The first-order valence-corrected chi connectivity index (χ1v) is 8.49. The minimum Gasteiger partial charge on any atom is -0.497 e. The maximum absolute atomic E-state index is 12.9. The van der Waals surface area contributed by atoms with Crippen molar-refractivity contribution in [1.82, 2.24) is 4.90 Å². The molecule has 0 saturated heterocycles. The number of ether oxygens (including phenoxy) is 1. The highest BCUT2D eigenvalue weighted by molar-refractivity contribution is 5.99. The van der Waals surface area contributed by atoms with Gasteiger partial charge in [0.05, 0.1) is 7.11 Å². The molecule has 0 N–H and O–H groups in total. The summed E-state index contributed by atoms with van der Waals surface area (Å²) in [6, 6.07) is 13.7. The maximum atomic E-state index is 12.9. The van der Waals surface area contributed by atoms with Gasteiger partial charge in [0.1, 0.15) is 11.3 Å². The third kappa shape index (κ3) is 3.38. The van der Waals surface area contributed by atoms with Crippen molar-refractivity contribution in [2.24, 2.45) is 0 Å². The molecule has 1 aromatic heterocycles. The SMILES string of the molecule is COc1ccc2oc(C(=O)N(C)Cc3ccc(N(C)C)cc3)c(C)c2c1. The highest BCUT2D eigenvalue weighted by Crippen LogP contribution is 2.29. The molecular weight excluding hydrogens is 328 g/mol. The summed E-state index contributed by atoms with van der Waals surface area (Å²) in [7, 11) is 7.42. The van der Waals surface area contributed by atoms with Gasteiger partial charge in [-0.25, -0.2) is 0 Å². The van der Waals surface area contributed by atoms with E-state index < -0.39 is 0 Å². The minimum atomic E-state index is -0.130. The van der Waals surface area contributed by atoms with Gasteiger partial charge in [-0.2, -0.15) is 0 Å². The molecule has 0 unspecified atom stereocenters. The molecule has 136 valence electrons. The zero-order valence-corrected chi connectivity index (χ0v) is 15.9. The van der Waals surface area contributed by atoms with E-state index in [1.54, 1.807) is 19.1 Å². The van der Waals surface area contributed by atoms with Gasteiger partial charge in [-0.05, 0) is 42.8 Å². The average molecular weight is 352 g/mol. The molecule has 3 aromatic rings. The molecule has 26 heavy (non-hydrogen) atoms. The van der Waals surface area contributed by atoms with Crippen LogP contribution in [0, 0.1) is 6.92 Å². The third-order valence-electron chi connectivity index (χ3n) is 4.56. The fourth-order valence-corrected chi connectivity index (χ4v) is 2.95. The van der Waals surface area contributed by atoms with Crippen molar-refractivity contribution in [3.05, 3.63) is 59.4 Å². The average Bonchev–Trinajstić information content (AvgIpc) is 2.97. The zero-order chi connectivity index (χ0) is 18.8. The molecule has 5 heteroatoms. The molecule has 0 saturated carbocycles. The van der Waals surface area contributed by atoms with Crippen molar-refractivity contribution in [3.8, 4) is 5.75 Å². The van der Waals surface area contributed by atoms with Crippen molar-refractivity contribution in [3.63, 3.8) is 0 Å². The van der Waals surface area contributed by atoms with Crippen molar-refractivity contribution < 1.29 is 13.9 Å². The summed E-state index contributed by atoms with van der Waals surface area (Å²) in [5.74, 6) is 0.991. The number of furan rings is 1. The van der Waals surface area contributed by atoms with Crippen LogP contribution in [0.3, 0.4) is 0 Å². The molecule has 0 aliphatic rings. The molecule has 0 atom stereocenters. The van der Waals surface area contributed by atoms with Gasteiger partial charge < -0.3 is 19.0 Å². The number of carbonyl (C=O) groups excluding carboxylic acids is 1. The second kappa shape index (κ2) is 7.12. The van der Waals surface area contributed by atoms with Crippen LogP contribution in [0.1, 0.15) is 21.7 Å². The lowest BCUT2D eigenvalue weighted by molar-refractivity contribution is 0.0755. The highest BCUT2D eigenvalue weighted by Gasteiger charge is 2.21. The molecule has 1 amide bonds. The van der Waals surface area contributed by atoms with Gasteiger partial charge in [-0.1, -0.05) is 12.1 Å². The zero-order valence-electron chi connectivity index (χ0n) is 15.9. The van der Waals surface area contributed by atoms with E-state index in [-0.39, 0.29) is 5.91 Å². The van der Waals surface area contributed by atoms with E-state index in [1.807, 2.05) is 68.4 Å². The van der Waals surface area contributed by atoms with E-state index in [4.69, 9.17) is 9.15 Å². The molecular formula is C21H24N2O3. The largest absolute Gasteiger partial charge is 0.497 e. The van der Waals surface area contributed by atoms with E-state index in [0.29, 0.717) is 17.9 Å². The van der Waals surface area contributed by atoms with E-state index in [9.17, 15) is 4.79 Å². The number of carbonyl (C=O) groups is 1. The maximum Gasteiger partial charge on any atom is 0.289 e. The summed E-state index contributed by atoms with van der Waals surface area (Å²) < 4.78 is 11.1. The van der Waals surface area contributed by atoms with Crippen LogP contribution in [0.4, 0.5) is 5.69 Å². The Morgan fingerprint density at radius 3 is 2.38 bits per heavy atom. The quantitative estimate of drug-likeness (QED) is 0.694. The predicted octanol–water partition coefficient (Wildman–Crippen LogP) is 4.09. The van der Waals surface area contributed by atoms with Gasteiger partial charge in [0.25, 0.3) is 5.91 Å². The van der Waals surface area contributed by atoms with Crippen molar-refractivity contribution in [2.45, 2.75) is 13.5 Å². The van der Waals surface area contributed by atoms with Gasteiger partial charge in [0.2, 0.25) is 0 Å². The molecule has 5 nitrogen and oxygen atoms in total. The molecule has 0 aliphatic heterocycles. The number of hydrogen-bond acceptors (Lipinski definition) is 4. The van der Waals surface area contributed by atoms with Crippen LogP contribution in [-0.4, -0.2) is 39.1 Å². The molecule has 0 bridgehead atoms. The number of anilines is 1.